The second-order valence-corrected chi connectivity index (χ2v) is 5.37. The van der Waals surface area contributed by atoms with Crippen molar-refractivity contribution < 1.29 is 4.92 Å². The minimum atomic E-state index is -0.531. The van der Waals surface area contributed by atoms with E-state index in [2.05, 4.69) is 4.99 Å². The smallest absolute Gasteiger partial charge is 0.292 e. The van der Waals surface area contributed by atoms with Crippen molar-refractivity contribution in [1.82, 2.24) is 0 Å². The fourth-order valence-corrected chi connectivity index (χ4v) is 2.55. The molecule has 4 N–H and O–H groups in total. The first-order chi connectivity index (χ1) is 11.6. The molecule has 3 rings (SSSR count). The lowest BCUT2D eigenvalue weighted by Gasteiger charge is -2.06. The number of amidine groups is 1. The van der Waals surface area contributed by atoms with E-state index < -0.39 is 4.92 Å². The highest BCUT2D eigenvalue weighted by molar-refractivity contribution is 5.98. The molecule has 0 radical (unpaired) electrons. The molecule has 0 fully saturated rings. The van der Waals surface area contributed by atoms with Gasteiger partial charge in [-0.2, -0.15) is 0 Å². The van der Waals surface area contributed by atoms with Gasteiger partial charge in [-0.15, -0.1) is 12.4 Å². The standard InChI is InChI=1S/C18H16N4O2.ClH/c19-16-9-8-13(10-17(16)22(23)24)18(20)21-11-14-6-3-5-12-4-1-2-7-15(12)14;/h1-10H,11,19H2,(H2,20,21);1H. The molecule has 0 unspecified atom stereocenters. The number of nitro benzene ring substituents is 1. The molecule has 0 aliphatic heterocycles. The number of hydrogen-bond donors (Lipinski definition) is 2. The molecule has 7 heteroatoms. The summed E-state index contributed by atoms with van der Waals surface area (Å²) in [5.74, 6) is 0.242. The molecule has 3 aromatic carbocycles. The monoisotopic (exact) mass is 356 g/mol. The topological polar surface area (TPSA) is 108 Å². The molecule has 0 bridgehead atoms. The molecule has 6 nitrogen and oxygen atoms in total. The van der Waals surface area contributed by atoms with Gasteiger partial charge in [-0.25, -0.2) is 0 Å². The quantitative estimate of drug-likeness (QED) is 0.244. The van der Waals surface area contributed by atoms with E-state index in [9.17, 15) is 10.1 Å². The summed E-state index contributed by atoms with van der Waals surface area (Å²) < 4.78 is 0. The van der Waals surface area contributed by atoms with Crippen molar-refractivity contribution in [3.05, 3.63) is 81.9 Å². The van der Waals surface area contributed by atoms with Crippen LogP contribution in [-0.2, 0) is 6.54 Å². The molecule has 0 aromatic heterocycles. The molecule has 0 saturated heterocycles. The summed E-state index contributed by atoms with van der Waals surface area (Å²) in [5.41, 5.74) is 13.0. The zero-order valence-corrected chi connectivity index (χ0v) is 14.1. The van der Waals surface area contributed by atoms with E-state index in [0.29, 0.717) is 12.1 Å². The van der Waals surface area contributed by atoms with Gasteiger partial charge < -0.3 is 11.5 Å². The van der Waals surface area contributed by atoms with Crippen LogP contribution in [0.25, 0.3) is 10.8 Å². The van der Waals surface area contributed by atoms with Crippen LogP contribution >= 0.6 is 12.4 Å². The SMILES string of the molecule is Cl.NC(=NCc1cccc2ccccc12)c1ccc(N)c([N+](=O)[O-])c1. The number of benzene rings is 3. The molecule has 0 atom stereocenters. The van der Waals surface area contributed by atoms with E-state index in [-0.39, 0.29) is 29.6 Å². The third-order valence-corrected chi connectivity index (χ3v) is 3.82. The highest BCUT2D eigenvalue weighted by atomic mass is 35.5. The molecule has 0 spiro atoms. The van der Waals surface area contributed by atoms with Crippen molar-refractivity contribution in [2.75, 3.05) is 5.73 Å². The van der Waals surface area contributed by atoms with Crippen molar-refractivity contribution in [2.24, 2.45) is 10.7 Å². The molecule has 3 aromatic rings. The lowest BCUT2D eigenvalue weighted by atomic mass is 10.0. The van der Waals surface area contributed by atoms with Gasteiger partial charge in [0.05, 0.1) is 11.5 Å². The van der Waals surface area contributed by atoms with Crippen molar-refractivity contribution >= 4 is 40.4 Å². The van der Waals surface area contributed by atoms with E-state index in [0.717, 1.165) is 16.3 Å². The third-order valence-electron chi connectivity index (χ3n) is 3.82. The van der Waals surface area contributed by atoms with E-state index in [1.54, 1.807) is 6.07 Å². The first kappa shape index (κ1) is 18.2. The van der Waals surface area contributed by atoms with Crippen LogP contribution in [-0.4, -0.2) is 10.8 Å². The van der Waals surface area contributed by atoms with E-state index in [4.69, 9.17) is 11.5 Å². The lowest BCUT2D eigenvalue weighted by Crippen LogP contribution is -2.14. The number of hydrogen-bond acceptors (Lipinski definition) is 4. The molecule has 0 amide bonds. The van der Waals surface area contributed by atoms with Gasteiger partial charge in [-0.1, -0.05) is 42.5 Å². The van der Waals surface area contributed by atoms with E-state index in [1.807, 2.05) is 42.5 Å². The maximum atomic E-state index is 11.0. The number of nitrogen functional groups attached to an aromatic ring is 1. The summed E-state index contributed by atoms with van der Waals surface area (Å²) in [7, 11) is 0. The Hall–Kier alpha value is -3.12. The van der Waals surface area contributed by atoms with E-state index >= 15 is 0 Å². The molecule has 0 aliphatic rings. The van der Waals surface area contributed by atoms with Gasteiger partial charge in [-0.05, 0) is 28.5 Å². The van der Waals surface area contributed by atoms with Crippen LogP contribution in [0, 0.1) is 10.1 Å². The van der Waals surface area contributed by atoms with Crippen molar-refractivity contribution in [2.45, 2.75) is 6.54 Å². The van der Waals surface area contributed by atoms with Gasteiger partial charge in [0.2, 0.25) is 0 Å². The molecule has 0 heterocycles. The predicted molar refractivity (Wildman–Crippen MR) is 103 cm³/mol. The van der Waals surface area contributed by atoms with Crippen LogP contribution < -0.4 is 11.5 Å². The Morgan fingerprint density at radius 3 is 2.56 bits per heavy atom. The Bertz CT molecular complexity index is 951. The number of nitro groups is 1. The predicted octanol–water partition coefficient (Wildman–Crippen LogP) is 3.66. The first-order valence-corrected chi connectivity index (χ1v) is 7.37. The average Bonchev–Trinajstić information content (AvgIpc) is 2.59. The van der Waals surface area contributed by atoms with Crippen molar-refractivity contribution in [3.63, 3.8) is 0 Å². The molecule has 128 valence electrons. The summed E-state index contributed by atoms with van der Waals surface area (Å²) in [6.45, 7) is 0.394. The summed E-state index contributed by atoms with van der Waals surface area (Å²) >= 11 is 0. The number of aliphatic imine (C=N–C) groups is 1. The van der Waals surface area contributed by atoms with Crippen molar-refractivity contribution in [1.29, 1.82) is 0 Å². The van der Waals surface area contributed by atoms with Crippen LogP contribution in [0.4, 0.5) is 11.4 Å². The van der Waals surface area contributed by atoms with Crippen LogP contribution in [0.1, 0.15) is 11.1 Å². The van der Waals surface area contributed by atoms with Gasteiger partial charge in [0.1, 0.15) is 11.5 Å². The lowest BCUT2D eigenvalue weighted by molar-refractivity contribution is -0.383. The molecule has 0 saturated carbocycles. The largest absolute Gasteiger partial charge is 0.393 e. The molecular weight excluding hydrogens is 340 g/mol. The molecule has 25 heavy (non-hydrogen) atoms. The summed E-state index contributed by atoms with van der Waals surface area (Å²) in [5, 5.41) is 13.2. The second-order valence-electron chi connectivity index (χ2n) is 5.37. The normalized spacial score (nSPS) is 11.1. The first-order valence-electron chi connectivity index (χ1n) is 7.37. The fourth-order valence-electron chi connectivity index (χ4n) is 2.55. The average molecular weight is 357 g/mol. The Morgan fingerprint density at radius 1 is 1.08 bits per heavy atom. The number of nitrogens with two attached hydrogens (primary N) is 2. The molecular formula is C18H17ClN4O2. The summed E-state index contributed by atoms with van der Waals surface area (Å²) in [4.78, 5) is 14.8. The van der Waals surface area contributed by atoms with Gasteiger partial charge in [0.25, 0.3) is 5.69 Å². The van der Waals surface area contributed by atoms with Crippen LogP contribution in [0.3, 0.4) is 0 Å². The minimum Gasteiger partial charge on any atom is -0.393 e. The number of rotatable bonds is 4. The zero-order chi connectivity index (χ0) is 17.1. The Morgan fingerprint density at radius 2 is 1.80 bits per heavy atom. The number of halogens is 1. The summed E-state index contributed by atoms with van der Waals surface area (Å²) in [6, 6.07) is 18.5. The highest BCUT2D eigenvalue weighted by Crippen LogP contribution is 2.23. The van der Waals surface area contributed by atoms with Crippen molar-refractivity contribution in [3.8, 4) is 0 Å². The zero-order valence-electron chi connectivity index (χ0n) is 13.3. The van der Waals surface area contributed by atoms with Gasteiger partial charge in [-0.3, -0.25) is 15.1 Å². The Balaban J connectivity index is 0.00000225. The van der Waals surface area contributed by atoms with Crippen LogP contribution in [0.5, 0.6) is 0 Å². The van der Waals surface area contributed by atoms with Crippen LogP contribution in [0.15, 0.2) is 65.7 Å². The molecule has 0 aliphatic carbocycles. The van der Waals surface area contributed by atoms with Gasteiger partial charge in [0, 0.05) is 11.6 Å². The van der Waals surface area contributed by atoms with Crippen LogP contribution in [0.2, 0.25) is 0 Å². The maximum Gasteiger partial charge on any atom is 0.292 e. The number of nitrogens with zero attached hydrogens (tertiary/aromatic N) is 2. The number of anilines is 1. The van der Waals surface area contributed by atoms with Gasteiger partial charge >= 0.3 is 0 Å². The summed E-state index contributed by atoms with van der Waals surface area (Å²) in [6.07, 6.45) is 0. The number of fused-ring (bicyclic) bond motifs is 1. The Kier molecular flexibility index (Phi) is 5.56. The Labute approximate surface area is 150 Å². The van der Waals surface area contributed by atoms with E-state index in [1.165, 1.54) is 12.1 Å². The second kappa shape index (κ2) is 7.63. The van der Waals surface area contributed by atoms with Gasteiger partial charge in [0.15, 0.2) is 0 Å². The third kappa shape index (κ3) is 3.87. The highest BCUT2D eigenvalue weighted by Gasteiger charge is 2.13. The minimum absolute atomic E-state index is 0. The maximum absolute atomic E-state index is 11.0. The fraction of sp³-hybridized carbons (Fsp3) is 0.0556.